The third-order valence-electron chi connectivity index (χ3n) is 7.11. The molecular weight excluding hydrogens is 448 g/mol. The number of phenols is 1. The number of carbonyl (C=O) groups is 3. The molecule has 4 N–H and O–H groups in total. The molecule has 1 aliphatic carbocycles. The summed E-state index contributed by atoms with van der Waals surface area (Å²) >= 11 is 0. The summed E-state index contributed by atoms with van der Waals surface area (Å²) in [5.74, 6) is -4.88. The van der Waals surface area contributed by atoms with Crippen molar-refractivity contribution in [2.45, 2.75) is 44.6 Å². The lowest BCUT2D eigenvalue weighted by atomic mass is 9.55. The molecule has 182 valence electrons. The van der Waals surface area contributed by atoms with Crippen LogP contribution in [0.15, 0.2) is 29.2 Å². The molecule has 0 unspecified atom stereocenters. The van der Waals surface area contributed by atoms with Crippen LogP contribution in [0.25, 0.3) is 0 Å². The quantitative estimate of drug-likeness (QED) is 0.252. The highest BCUT2D eigenvalue weighted by atomic mass is 19.1. The number of amides is 2. The van der Waals surface area contributed by atoms with Crippen molar-refractivity contribution >= 4 is 24.9 Å². The van der Waals surface area contributed by atoms with Gasteiger partial charge in [-0.15, -0.1) is 0 Å². The minimum absolute atomic E-state index is 0.0273. The van der Waals surface area contributed by atoms with Crippen LogP contribution in [0.2, 0.25) is 0 Å². The number of aliphatic hydroxyl groups is 1. The van der Waals surface area contributed by atoms with Crippen molar-refractivity contribution in [2.75, 3.05) is 13.2 Å². The molecule has 0 aromatic heterocycles. The molecule has 2 aliphatic heterocycles. The Hall–Kier alpha value is -2.76. The number of halogens is 1. The normalized spacial score (nSPS) is 26.7. The lowest BCUT2D eigenvalue weighted by Crippen LogP contribution is -2.45. The highest BCUT2D eigenvalue weighted by Crippen LogP contribution is 2.51. The second-order valence-corrected chi connectivity index (χ2v) is 9.12. The number of likely N-dealkylation sites (tertiary alicyclic amines) is 1. The third-order valence-corrected chi connectivity index (χ3v) is 7.11. The summed E-state index contributed by atoms with van der Waals surface area (Å²) in [6.07, 6.45) is 1.11. The van der Waals surface area contributed by atoms with E-state index in [1.54, 1.807) is 0 Å². The number of hydrogen-bond donors (Lipinski definition) is 4. The Morgan fingerprint density at radius 1 is 1.18 bits per heavy atom. The zero-order valence-electron chi connectivity index (χ0n) is 18.5. The molecule has 3 aliphatic rings. The number of allylic oxidation sites excluding steroid dienone is 1. The van der Waals surface area contributed by atoms with Crippen molar-refractivity contribution in [3.63, 3.8) is 0 Å². The first-order valence-corrected chi connectivity index (χ1v) is 11.4. The molecule has 2 saturated heterocycles. The molecule has 2 amide bonds. The van der Waals surface area contributed by atoms with Gasteiger partial charge in [-0.25, -0.2) is 4.39 Å². The van der Waals surface area contributed by atoms with Crippen LogP contribution in [-0.4, -0.2) is 63.3 Å². The first kappa shape index (κ1) is 24.4. The Morgan fingerprint density at radius 3 is 2.62 bits per heavy atom. The molecule has 34 heavy (non-hydrogen) atoms. The van der Waals surface area contributed by atoms with E-state index in [1.807, 2.05) is 0 Å². The number of aliphatic hydroxyl groups excluding tert-OH is 1. The van der Waals surface area contributed by atoms with E-state index >= 15 is 0 Å². The largest absolute Gasteiger partial charge is 0.505 e. The number of imide groups is 1. The van der Waals surface area contributed by atoms with Gasteiger partial charge in [0.1, 0.15) is 0 Å². The molecule has 4 rings (SSSR count). The van der Waals surface area contributed by atoms with Gasteiger partial charge in [-0.1, -0.05) is 12.5 Å². The van der Waals surface area contributed by atoms with Crippen molar-refractivity contribution < 1.29 is 43.8 Å². The molecule has 0 radical (unpaired) electrons. The molecule has 0 spiro atoms. The zero-order chi connectivity index (χ0) is 24.6. The standard InChI is InChI=1S/C23H27BFNO8/c25-16-9-12(5-6-17(16)28)18-10-14-20-15(8-13(11-27)21(14)24(33)34-18)22(31)26(23(20)32)7-3-1-2-4-19(29)30/h5-6,9,14-15,18,20,27-28,33H,1-4,7-8,10-11H2,(H,29,30)/t14-,15-,18-,20+/m0/s1. The van der Waals surface area contributed by atoms with E-state index in [2.05, 4.69) is 0 Å². The smallest absolute Gasteiger partial charge is 0.487 e. The van der Waals surface area contributed by atoms with Gasteiger partial charge in [0, 0.05) is 13.0 Å². The van der Waals surface area contributed by atoms with Crippen LogP contribution in [0.5, 0.6) is 5.75 Å². The van der Waals surface area contributed by atoms with Gasteiger partial charge in [0.15, 0.2) is 11.6 Å². The number of benzene rings is 1. The number of carboxylic acids is 1. The van der Waals surface area contributed by atoms with Crippen LogP contribution in [0.1, 0.15) is 50.2 Å². The van der Waals surface area contributed by atoms with Gasteiger partial charge in [-0.2, -0.15) is 0 Å². The van der Waals surface area contributed by atoms with Crippen LogP contribution < -0.4 is 0 Å². The predicted molar refractivity (Wildman–Crippen MR) is 117 cm³/mol. The SMILES string of the molecule is O=C(O)CCCCCN1C(=O)[C@H]2[C@H](CC(CO)=C3B(O)O[C@H](c4ccc(O)c(F)c4)C[C@H]32)C1=O. The minimum Gasteiger partial charge on any atom is -0.505 e. The Balaban J connectivity index is 1.56. The molecule has 0 saturated carbocycles. The number of hydrogen-bond acceptors (Lipinski definition) is 7. The fraction of sp³-hybridized carbons (Fsp3) is 0.522. The van der Waals surface area contributed by atoms with Gasteiger partial charge < -0.3 is 25.0 Å². The summed E-state index contributed by atoms with van der Waals surface area (Å²) < 4.78 is 19.6. The summed E-state index contributed by atoms with van der Waals surface area (Å²) in [7, 11) is -1.42. The Labute approximate surface area is 196 Å². The van der Waals surface area contributed by atoms with Crippen molar-refractivity contribution in [1.82, 2.24) is 4.90 Å². The van der Waals surface area contributed by atoms with Gasteiger partial charge in [-0.3, -0.25) is 19.3 Å². The number of aromatic hydroxyl groups is 1. The minimum atomic E-state index is -1.42. The second kappa shape index (κ2) is 9.85. The van der Waals surface area contributed by atoms with Crippen molar-refractivity contribution in [2.24, 2.45) is 17.8 Å². The first-order valence-electron chi connectivity index (χ1n) is 11.4. The number of unbranched alkanes of at least 4 members (excludes halogenated alkanes) is 2. The Kier molecular flexibility index (Phi) is 7.06. The number of phenolic OH excluding ortho intramolecular Hbond substituents is 1. The summed E-state index contributed by atoms with van der Waals surface area (Å²) in [6.45, 7) is -0.197. The van der Waals surface area contributed by atoms with Gasteiger partial charge in [0.05, 0.1) is 24.5 Å². The molecule has 2 fully saturated rings. The highest BCUT2D eigenvalue weighted by molar-refractivity contribution is 6.53. The average molecular weight is 475 g/mol. The molecule has 11 heteroatoms. The number of aliphatic carboxylic acids is 1. The van der Waals surface area contributed by atoms with Crippen LogP contribution >= 0.6 is 0 Å². The van der Waals surface area contributed by atoms with Crippen molar-refractivity contribution in [1.29, 1.82) is 0 Å². The zero-order valence-corrected chi connectivity index (χ0v) is 18.5. The topological polar surface area (TPSA) is 145 Å². The summed E-state index contributed by atoms with van der Waals surface area (Å²) in [5.41, 5.74) is 1.26. The molecule has 4 atom stereocenters. The molecule has 1 aromatic rings. The van der Waals surface area contributed by atoms with E-state index in [0.29, 0.717) is 35.9 Å². The number of carboxylic acid groups (broad SMARTS) is 1. The maximum atomic E-state index is 13.9. The van der Waals surface area contributed by atoms with Crippen LogP contribution in [0.4, 0.5) is 4.39 Å². The Morgan fingerprint density at radius 2 is 1.94 bits per heavy atom. The number of nitrogens with zero attached hydrogens (tertiary/aromatic N) is 1. The summed E-state index contributed by atoms with van der Waals surface area (Å²) in [5, 5.41) is 38.9. The fourth-order valence-corrected chi connectivity index (χ4v) is 5.50. The monoisotopic (exact) mass is 475 g/mol. The second-order valence-electron chi connectivity index (χ2n) is 9.12. The number of carbonyl (C=O) groups excluding carboxylic acids is 2. The van der Waals surface area contributed by atoms with Crippen molar-refractivity contribution in [3.05, 3.63) is 40.6 Å². The Bertz CT molecular complexity index is 1030. The maximum absolute atomic E-state index is 13.9. The van der Waals surface area contributed by atoms with Gasteiger partial charge in [-0.05, 0) is 60.3 Å². The average Bonchev–Trinajstić information content (AvgIpc) is 3.04. The maximum Gasteiger partial charge on any atom is 0.487 e. The van der Waals surface area contributed by atoms with Crippen LogP contribution in [-0.2, 0) is 19.0 Å². The molecule has 1 aromatic carbocycles. The van der Waals surface area contributed by atoms with E-state index in [1.165, 1.54) is 17.0 Å². The van der Waals surface area contributed by atoms with Crippen molar-refractivity contribution in [3.8, 4) is 5.75 Å². The fourth-order valence-electron chi connectivity index (χ4n) is 5.50. The van der Waals surface area contributed by atoms with E-state index < -0.39 is 48.5 Å². The molecule has 0 bridgehead atoms. The van der Waals surface area contributed by atoms with E-state index in [-0.39, 0.29) is 44.2 Å². The lowest BCUT2D eigenvalue weighted by Gasteiger charge is -2.41. The number of fused-ring (bicyclic) bond motifs is 3. The summed E-state index contributed by atoms with van der Waals surface area (Å²) in [6, 6.07) is 3.77. The van der Waals surface area contributed by atoms with E-state index in [4.69, 9.17) is 9.76 Å². The van der Waals surface area contributed by atoms with Crippen LogP contribution in [0, 0.1) is 23.6 Å². The van der Waals surface area contributed by atoms with Gasteiger partial charge in [0.25, 0.3) is 0 Å². The van der Waals surface area contributed by atoms with Gasteiger partial charge >= 0.3 is 13.1 Å². The van der Waals surface area contributed by atoms with E-state index in [9.17, 15) is 34.0 Å². The third kappa shape index (κ3) is 4.47. The molecule has 2 heterocycles. The highest BCUT2D eigenvalue weighted by Gasteiger charge is 2.57. The summed E-state index contributed by atoms with van der Waals surface area (Å²) in [4.78, 5) is 38.3. The first-order chi connectivity index (χ1) is 16.2. The number of rotatable bonds is 8. The molecule has 9 nitrogen and oxygen atoms in total. The van der Waals surface area contributed by atoms with E-state index in [0.717, 1.165) is 6.07 Å². The molecular formula is C23H27BFNO8. The van der Waals surface area contributed by atoms with Gasteiger partial charge in [0.2, 0.25) is 11.8 Å². The predicted octanol–water partition coefficient (Wildman–Crippen LogP) is 1.57. The lowest BCUT2D eigenvalue weighted by molar-refractivity contribution is -0.141. The van der Waals surface area contributed by atoms with Crippen LogP contribution in [0.3, 0.4) is 0 Å².